The number of fused-ring (bicyclic) bond motifs is 1. The van der Waals surface area contributed by atoms with Crippen molar-refractivity contribution in [3.8, 4) is 17.6 Å². The summed E-state index contributed by atoms with van der Waals surface area (Å²) < 4.78 is 170. The monoisotopic (exact) mass is 1540 g/mol. The maximum atomic E-state index is 13.0. The Hall–Kier alpha value is -12.0. The van der Waals surface area contributed by atoms with Gasteiger partial charge in [-0.15, -0.1) is 0 Å². The van der Waals surface area contributed by atoms with Crippen molar-refractivity contribution in [3.63, 3.8) is 0 Å². The quantitative estimate of drug-likeness (QED) is 0.0103. The number of carbonyl (C=O) groups excluding carboxylic acids is 5. The van der Waals surface area contributed by atoms with Crippen molar-refractivity contribution < 1.29 is 105 Å². The number of halogens is 10. The number of morpholine rings is 1. The Bertz CT molecular complexity index is 4790. The lowest BCUT2D eigenvalue weighted by Gasteiger charge is -2.26. The highest BCUT2D eigenvalue weighted by Crippen LogP contribution is 2.41. The Morgan fingerprint density at radius 3 is 1.84 bits per heavy atom. The topological polar surface area (TPSA) is 370 Å². The van der Waals surface area contributed by atoms with Crippen LogP contribution < -0.4 is 41.0 Å². The van der Waals surface area contributed by atoms with Crippen LogP contribution in [0.4, 0.5) is 94.3 Å². The van der Waals surface area contributed by atoms with Crippen molar-refractivity contribution in [2.45, 2.75) is 75.6 Å². The molecule has 7 aromatic carbocycles. The molecule has 1 atom stereocenters. The van der Waals surface area contributed by atoms with Crippen molar-refractivity contribution in [1.82, 2.24) is 20.2 Å². The Kier molecular flexibility index (Phi) is 27.0. The van der Waals surface area contributed by atoms with E-state index in [4.69, 9.17) is 19.5 Å². The van der Waals surface area contributed by atoms with E-state index < -0.39 is 124 Å². The van der Waals surface area contributed by atoms with Gasteiger partial charge < -0.3 is 45.9 Å². The first-order chi connectivity index (χ1) is 50.5. The largest absolute Gasteiger partial charge is 0.493 e. The Morgan fingerprint density at radius 2 is 1.29 bits per heavy atom. The molecule has 0 aliphatic carbocycles. The van der Waals surface area contributed by atoms with Gasteiger partial charge in [0, 0.05) is 77.5 Å². The lowest BCUT2D eigenvalue weighted by Crippen LogP contribution is -2.45. The number of carbonyl (C=O) groups is 5. The molecule has 0 bridgehead atoms. The van der Waals surface area contributed by atoms with Gasteiger partial charge in [0.15, 0.2) is 26.9 Å². The van der Waals surface area contributed by atoms with E-state index in [0.29, 0.717) is 64.3 Å². The Labute approximate surface area is 608 Å². The van der Waals surface area contributed by atoms with Gasteiger partial charge in [0.05, 0.1) is 75.8 Å². The van der Waals surface area contributed by atoms with Crippen LogP contribution in [0.15, 0.2) is 157 Å². The van der Waals surface area contributed by atoms with Crippen molar-refractivity contribution in [3.05, 3.63) is 206 Å². The number of ether oxygens (including phenoxy) is 3. The van der Waals surface area contributed by atoms with Crippen LogP contribution in [0.5, 0.6) is 11.5 Å². The summed E-state index contributed by atoms with van der Waals surface area (Å²) in [5.41, 5.74) is -8.87. The molecule has 0 radical (unpaired) electrons. The molecule has 3 heterocycles. The summed E-state index contributed by atoms with van der Waals surface area (Å²) in [4.78, 5) is 90.2. The SMILES string of the molecule is CC(C)C(=O)Nc1ccc([N+](=O)[O-])c(C(F)(F)F)c1.CC(O)(CS(=O)(=O)c1ccc(F)cc1)C(=O)Nc1ccc(C#N)c(C(F)(F)F)c1.CC1(C)NC(=O)N(c2ccc([N+](=O)[O-])c(C(F)(F)F)c2)C1=O.COc1cc2c(Nc3ccc(NC(=O)c4ccccc4)cc3)ncnc2cc1OCCCN1CCOCC1. The van der Waals surface area contributed by atoms with Gasteiger partial charge in [-0.25, -0.2) is 32.5 Å². The van der Waals surface area contributed by atoms with Crippen LogP contribution in [0.25, 0.3) is 10.9 Å². The summed E-state index contributed by atoms with van der Waals surface area (Å²) in [6.07, 6.45) is -12.3. The number of nitrogens with one attached hydrogen (secondary N) is 5. The summed E-state index contributed by atoms with van der Waals surface area (Å²) in [6, 6.07) is 31.2. The first-order valence-corrected chi connectivity index (χ1v) is 33.5. The van der Waals surface area contributed by atoms with E-state index in [-0.39, 0.29) is 27.9 Å². The van der Waals surface area contributed by atoms with Crippen molar-refractivity contribution in [1.29, 1.82) is 5.26 Å². The number of aliphatic hydroxyl groups is 1. The number of imide groups is 1. The van der Waals surface area contributed by atoms with Gasteiger partial charge in [-0.1, -0.05) is 32.0 Å². The minimum atomic E-state index is -4.99. The number of nitro benzene ring substituents is 2. The van der Waals surface area contributed by atoms with E-state index in [1.54, 1.807) is 33.1 Å². The number of hydrogen-bond donors (Lipinski definition) is 6. The van der Waals surface area contributed by atoms with Gasteiger partial charge in [-0.2, -0.15) is 44.8 Å². The van der Waals surface area contributed by atoms with Crippen molar-refractivity contribution >= 4 is 96.0 Å². The number of urea groups is 1. The van der Waals surface area contributed by atoms with Crippen LogP contribution in [0.1, 0.15) is 73.7 Å². The molecular formula is C70H66F10N12O15S. The van der Waals surface area contributed by atoms with Gasteiger partial charge in [-0.3, -0.25) is 44.3 Å². The molecule has 1 aromatic heterocycles. The third kappa shape index (κ3) is 22.3. The fourth-order valence-electron chi connectivity index (χ4n) is 10.00. The fraction of sp³-hybridized carbons (Fsp3) is 0.286. The molecule has 8 aromatic rings. The van der Waals surface area contributed by atoms with E-state index >= 15 is 0 Å². The number of rotatable bonds is 20. The fourth-order valence-corrected chi connectivity index (χ4v) is 11.6. The van der Waals surface area contributed by atoms with Crippen LogP contribution in [-0.4, -0.2) is 131 Å². The number of nitro groups is 2. The molecule has 27 nitrogen and oxygen atoms in total. The van der Waals surface area contributed by atoms with Gasteiger partial charge in [0.25, 0.3) is 29.1 Å². The molecular weight excluding hydrogens is 1470 g/mol. The maximum Gasteiger partial charge on any atom is 0.423 e. The predicted octanol–water partition coefficient (Wildman–Crippen LogP) is 13.3. The highest BCUT2D eigenvalue weighted by atomic mass is 32.2. The van der Waals surface area contributed by atoms with Crippen LogP contribution in [0.3, 0.4) is 0 Å². The van der Waals surface area contributed by atoms with Crippen LogP contribution in [-0.2, 0) is 47.5 Å². The minimum Gasteiger partial charge on any atom is -0.493 e. The van der Waals surface area contributed by atoms with E-state index in [0.717, 1.165) is 117 Å². The second kappa shape index (κ2) is 35.0. The number of hydrogen-bond acceptors (Lipinski definition) is 20. The number of anilines is 6. The molecule has 572 valence electrons. The number of alkyl halides is 9. The van der Waals surface area contributed by atoms with E-state index in [1.165, 1.54) is 26.2 Å². The van der Waals surface area contributed by atoms with E-state index in [2.05, 4.69) is 36.1 Å². The summed E-state index contributed by atoms with van der Waals surface area (Å²) in [7, 11) is -2.59. The standard InChI is InChI=1S/C29H31N5O4.C18H14F4N2O4S.C12H10F3N3O4.C11H11F3N2O3/c1-36-26-18-24-25(19-27(26)38-15-5-12-34-13-16-37-17-14-34)30-20-31-28(24)32-22-8-10-23(11-9-22)33-29(35)21-6-3-2-4-7-21;1-17(26,10-29(27,28)14-6-3-12(19)4-7-14)16(25)24-13-5-2-11(9-23)15(8-13)18(20,21)22;1-11(2)9(19)17(10(20)16-11)6-3-4-8(18(21)22)7(5-6)12(13,14)15;1-6(2)10(17)15-7-3-4-9(16(18)19)8(5-7)11(12,13)14/h2-4,6-11,18-20H,5,12-17H2,1H3,(H,33,35)(H,30,31,32);2-8,26H,10H2,1H3,(H,24,25);3-5H,1-2H3,(H,16,20);3-6H,1-2H3,(H,15,17). The number of methoxy groups -OCH3 is 1. The summed E-state index contributed by atoms with van der Waals surface area (Å²) in [6.45, 7) is 11.9. The number of sulfone groups is 1. The number of nitriles is 1. The highest BCUT2D eigenvalue weighted by molar-refractivity contribution is 7.91. The third-order valence-corrected chi connectivity index (χ3v) is 17.5. The average Bonchev–Trinajstić information content (AvgIpc) is 1.56. The first kappa shape index (κ1) is 83.3. The zero-order valence-corrected chi connectivity index (χ0v) is 58.5. The lowest BCUT2D eigenvalue weighted by atomic mass is 10.1. The first-order valence-electron chi connectivity index (χ1n) is 31.8. The lowest BCUT2D eigenvalue weighted by molar-refractivity contribution is -0.388. The third-order valence-electron chi connectivity index (χ3n) is 15.6. The molecule has 6 amide bonds. The molecule has 10 rings (SSSR count). The predicted molar refractivity (Wildman–Crippen MR) is 371 cm³/mol. The molecule has 1 unspecified atom stereocenters. The molecule has 0 saturated carbocycles. The molecule has 6 N–H and O–H groups in total. The maximum absolute atomic E-state index is 13.0. The van der Waals surface area contributed by atoms with Gasteiger partial charge in [-0.05, 0) is 136 Å². The number of aromatic nitrogens is 2. The number of amides is 6. The molecule has 2 aliphatic rings. The van der Waals surface area contributed by atoms with E-state index in [1.807, 2.05) is 59.9 Å². The molecule has 0 spiro atoms. The molecule has 2 fully saturated rings. The Morgan fingerprint density at radius 1 is 0.731 bits per heavy atom. The highest BCUT2D eigenvalue weighted by Gasteiger charge is 2.47. The van der Waals surface area contributed by atoms with Crippen molar-refractivity contribution in [2.24, 2.45) is 5.92 Å². The van der Waals surface area contributed by atoms with Crippen LogP contribution in [0, 0.1) is 43.3 Å². The minimum absolute atomic E-state index is 0.128. The Balaban J connectivity index is 0.000000208. The molecule has 2 saturated heterocycles. The molecule has 108 heavy (non-hydrogen) atoms. The summed E-state index contributed by atoms with van der Waals surface area (Å²) in [5.74, 6) is -2.92. The second-order valence-corrected chi connectivity index (χ2v) is 26.5. The van der Waals surface area contributed by atoms with Gasteiger partial charge in [0.2, 0.25) is 5.91 Å². The average molecular weight is 1540 g/mol. The zero-order valence-electron chi connectivity index (χ0n) is 57.6. The normalized spacial score (nSPS) is 14.2. The van der Waals surface area contributed by atoms with E-state index in [9.17, 15) is 102 Å². The molecule has 38 heteroatoms. The van der Waals surface area contributed by atoms with Crippen molar-refractivity contribution in [2.75, 3.05) is 78.5 Å². The van der Waals surface area contributed by atoms with Gasteiger partial charge >= 0.3 is 24.6 Å². The number of benzene rings is 7. The second-order valence-electron chi connectivity index (χ2n) is 24.5. The zero-order chi connectivity index (χ0) is 79.9. The summed E-state index contributed by atoms with van der Waals surface area (Å²) in [5, 5.41) is 53.9. The molecule has 2 aliphatic heterocycles. The summed E-state index contributed by atoms with van der Waals surface area (Å²) >= 11 is 0. The van der Waals surface area contributed by atoms with Crippen LogP contribution >= 0.6 is 0 Å². The number of nitrogens with zero attached hydrogens (tertiary/aromatic N) is 7. The smallest absolute Gasteiger partial charge is 0.423 e. The van der Waals surface area contributed by atoms with Crippen LogP contribution in [0.2, 0.25) is 0 Å². The van der Waals surface area contributed by atoms with Gasteiger partial charge in [0.1, 0.15) is 34.6 Å².